The first kappa shape index (κ1) is 14.3. The predicted molar refractivity (Wildman–Crippen MR) is 78.3 cm³/mol. The summed E-state index contributed by atoms with van der Waals surface area (Å²) in [6.07, 6.45) is 0.226. The van der Waals surface area contributed by atoms with Crippen LogP contribution in [0.3, 0.4) is 0 Å². The van der Waals surface area contributed by atoms with Crippen LogP contribution in [-0.4, -0.2) is 21.8 Å². The summed E-state index contributed by atoms with van der Waals surface area (Å²) < 4.78 is 5.38. The molecule has 0 radical (unpaired) electrons. The van der Waals surface area contributed by atoms with Crippen LogP contribution in [0.4, 0.5) is 0 Å². The van der Waals surface area contributed by atoms with E-state index < -0.39 is 5.60 Å². The number of aromatic amines is 1. The van der Waals surface area contributed by atoms with E-state index in [-0.39, 0.29) is 12.4 Å². The van der Waals surface area contributed by atoms with Gasteiger partial charge >= 0.3 is 5.97 Å². The Bertz CT molecular complexity index is 595. The molecule has 1 heterocycles. The number of rotatable bonds is 3. The van der Waals surface area contributed by atoms with Gasteiger partial charge in [0.1, 0.15) is 5.60 Å². The number of carbonyl (C=O) groups excluding carboxylic acids is 1. The number of carbonyl (C=O) groups is 1. The summed E-state index contributed by atoms with van der Waals surface area (Å²) in [5, 5.41) is 7.25. The predicted octanol–water partition coefficient (Wildman–Crippen LogP) is 3.27. The van der Waals surface area contributed by atoms with Crippen molar-refractivity contribution in [2.75, 3.05) is 0 Å². The standard InChI is InChI=1S/C16H20N2O2/c1-11-13(10-14(19)20-16(2,3)4)15(18-17-11)12-8-6-5-7-9-12/h5-9H,10H2,1-4H3,(H,17,18). The maximum atomic E-state index is 12.0. The second-order valence-corrected chi connectivity index (χ2v) is 5.81. The van der Waals surface area contributed by atoms with Crippen LogP contribution >= 0.6 is 0 Å². The molecule has 1 N–H and O–H groups in total. The molecule has 0 amide bonds. The van der Waals surface area contributed by atoms with Crippen LogP contribution in [-0.2, 0) is 16.0 Å². The van der Waals surface area contributed by atoms with E-state index in [4.69, 9.17) is 4.74 Å². The number of H-pyrrole nitrogens is 1. The van der Waals surface area contributed by atoms with E-state index in [9.17, 15) is 4.79 Å². The molecule has 0 aliphatic carbocycles. The highest BCUT2D eigenvalue weighted by atomic mass is 16.6. The van der Waals surface area contributed by atoms with E-state index in [0.717, 1.165) is 22.5 Å². The number of aryl methyl sites for hydroxylation is 1. The van der Waals surface area contributed by atoms with Crippen molar-refractivity contribution in [2.45, 2.75) is 39.7 Å². The van der Waals surface area contributed by atoms with Crippen molar-refractivity contribution in [2.24, 2.45) is 0 Å². The summed E-state index contributed by atoms with van der Waals surface area (Å²) >= 11 is 0. The van der Waals surface area contributed by atoms with Gasteiger partial charge in [-0.1, -0.05) is 30.3 Å². The molecule has 0 saturated heterocycles. The number of ether oxygens (including phenoxy) is 1. The molecule has 2 aromatic rings. The molecular weight excluding hydrogens is 252 g/mol. The van der Waals surface area contributed by atoms with Gasteiger partial charge < -0.3 is 4.74 Å². The van der Waals surface area contributed by atoms with Gasteiger partial charge in [0.15, 0.2) is 0 Å². The van der Waals surface area contributed by atoms with E-state index >= 15 is 0 Å². The molecule has 106 valence electrons. The van der Waals surface area contributed by atoms with Crippen molar-refractivity contribution in [3.05, 3.63) is 41.6 Å². The first-order valence-electron chi connectivity index (χ1n) is 6.68. The Balaban J connectivity index is 2.25. The van der Waals surface area contributed by atoms with Crippen molar-refractivity contribution in [3.63, 3.8) is 0 Å². The van der Waals surface area contributed by atoms with E-state index in [1.54, 1.807) is 0 Å². The topological polar surface area (TPSA) is 55.0 Å². The van der Waals surface area contributed by atoms with Gasteiger partial charge in [0.25, 0.3) is 0 Å². The molecule has 0 spiro atoms. The van der Waals surface area contributed by atoms with E-state index in [2.05, 4.69) is 10.2 Å². The number of esters is 1. The van der Waals surface area contributed by atoms with Gasteiger partial charge in [0, 0.05) is 16.8 Å². The van der Waals surface area contributed by atoms with Gasteiger partial charge in [-0.05, 0) is 27.7 Å². The van der Waals surface area contributed by atoms with Crippen LogP contribution < -0.4 is 0 Å². The molecule has 0 aliphatic heterocycles. The number of aromatic nitrogens is 2. The Morgan fingerprint density at radius 3 is 2.50 bits per heavy atom. The molecule has 0 atom stereocenters. The molecule has 0 bridgehead atoms. The molecular formula is C16H20N2O2. The monoisotopic (exact) mass is 272 g/mol. The SMILES string of the molecule is Cc1[nH]nc(-c2ccccc2)c1CC(=O)OC(C)(C)C. The largest absolute Gasteiger partial charge is 0.460 e. The van der Waals surface area contributed by atoms with Crippen molar-refractivity contribution < 1.29 is 9.53 Å². The summed E-state index contributed by atoms with van der Waals surface area (Å²) in [7, 11) is 0. The van der Waals surface area contributed by atoms with E-state index in [1.807, 2.05) is 58.0 Å². The smallest absolute Gasteiger partial charge is 0.310 e. The Kier molecular flexibility index (Phi) is 3.93. The number of hydrogen-bond donors (Lipinski definition) is 1. The third-order valence-corrected chi connectivity index (χ3v) is 2.86. The van der Waals surface area contributed by atoms with Gasteiger partial charge in [-0.15, -0.1) is 0 Å². The molecule has 4 heteroatoms. The van der Waals surface area contributed by atoms with Gasteiger partial charge in [0.2, 0.25) is 0 Å². The van der Waals surface area contributed by atoms with Crippen LogP contribution in [0.2, 0.25) is 0 Å². The first-order valence-corrected chi connectivity index (χ1v) is 6.68. The van der Waals surface area contributed by atoms with Crippen LogP contribution in [0.25, 0.3) is 11.3 Å². The van der Waals surface area contributed by atoms with Gasteiger partial charge in [-0.3, -0.25) is 9.89 Å². The van der Waals surface area contributed by atoms with Gasteiger partial charge in [-0.2, -0.15) is 5.10 Å². The third-order valence-electron chi connectivity index (χ3n) is 2.86. The zero-order valence-electron chi connectivity index (χ0n) is 12.4. The lowest BCUT2D eigenvalue weighted by Gasteiger charge is -2.19. The fraction of sp³-hybridized carbons (Fsp3) is 0.375. The van der Waals surface area contributed by atoms with Gasteiger partial charge in [0.05, 0.1) is 12.1 Å². The Labute approximate surface area is 119 Å². The molecule has 1 aromatic carbocycles. The lowest BCUT2D eigenvalue weighted by atomic mass is 10.0. The zero-order valence-corrected chi connectivity index (χ0v) is 12.4. The molecule has 0 aliphatic rings. The Morgan fingerprint density at radius 2 is 1.90 bits per heavy atom. The van der Waals surface area contributed by atoms with Crippen molar-refractivity contribution in [1.29, 1.82) is 0 Å². The third kappa shape index (κ3) is 3.47. The zero-order chi connectivity index (χ0) is 14.8. The summed E-state index contributed by atoms with van der Waals surface area (Å²) in [5.74, 6) is -0.237. The minimum absolute atomic E-state index is 0.226. The Morgan fingerprint density at radius 1 is 1.25 bits per heavy atom. The highest BCUT2D eigenvalue weighted by molar-refractivity contribution is 5.77. The second kappa shape index (κ2) is 5.49. The minimum Gasteiger partial charge on any atom is -0.460 e. The number of benzene rings is 1. The average molecular weight is 272 g/mol. The maximum Gasteiger partial charge on any atom is 0.310 e. The number of nitrogens with zero attached hydrogens (tertiary/aromatic N) is 1. The highest BCUT2D eigenvalue weighted by Gasteiger charge is 2.20. The molecule has 0 unspecified atom stereocenters. The lowest BCUT2D eigenvalue weighted by Crippen LogP contribution is -2.25. The van der Waals surface area contributed by atoms with Crippen molar-refractivity contribution >= 4 is 5.97 Å². The average Bonchev–Trinajstić information content (AvgIpc) is 2.70. The van der Waals surface area contributed by atoms with Crippen molar-refractivity contribution in [3.8, 4) is 11.3 Å². The Hall–Kier alpha value is -2.10. The fourth-order valence-electron chi connectivity index (χ4n) is 2.03. The van der Waals surface area contributed by atoms with E-state index in [1.165, 1.54) is 0 Å². The molecule has 4 nitrogen and oxygen atoms in total. The lowest BCUT2D eigenvalue weighted by molar-refractivity contribution is -0.153. The summed E-state index contributed by atoms with van der Waals surface area (Å²) in [6.45, 7) is 7.51. The molecule has 1 aromatic heterocycles. The van der Waals surface area contributed by atoms with Crippen LogP contribution in [0, 0.1) is 6.92 Å². The van der Waals surface area contributed by atoms with Gasteiger partial charge in [-0.25, -0.2) is 0 Å². The normalized spacial score (nSPS) is 11.4. The maximum absolute atomic E-state index is 12.0. The second-order valence-electron chi connectivity index (χ2n) is 5.81. The minimum atomic E-state index is -0.471. The molecule has 0 saturated carbocycles. The first-order chi connectivity index (χ1) is 9.37. The van der Waals surface area contributed by atoms with Crippen LogP contribution in [0.1, 0.15) is 32.0 Å². The van der Waals surface area contributed by atoms with Crippen molar-refractivity contribution in [1.82, 2.24) is 10.2 Å². The summed E-state index contributed by atoms with van der Waals surface area (Å²) in [5.41, 5.74) is 3.13. The number of hydrogen-bond acceptors (Lipinski definition) is 3. The summed E-state index contributed by atoms with van der Waals surface area (Å²) in [4.78, 5) is 12.0. The fourth-order valence-corrected chi connectivity index (χ4v) is 2.03. The molecule has 20 heavy (non-hydrogen) atoms. The summed E-state index contributed by atoms with van der Waals surface area (Å²) in [6, 6.07) is 9.83. The van der Waals surface area contributed by atoms with Crippen LogP contribution in [0.15, 0.2) is 30.3 Å². The molecule has 2 rings (SSSR count). The quantitative estimate of drug-likeness (QED) is 0.872. The molecule has 0 fully saturated rings. The van der Waals surface area contributed by atoms with Crippen LogP contribution in [0.5, 0.6) is 0 Å². The highest BCUT2D eigenvalue weighted by Crippen LogP contribution is 2.24. The number of nitrogens with one attached hydrogen (secondary N) is 1. The van der Waals surface area contributed by atoms with E-state index in [0.29, 0.717) is 0 Å².